The summed E-state index contributed by atoms with van der Waals surface area (Å²) in [5.41, 5.74) is 9.54. The van der Waals surface area contributed by atoms with Crippen molar-refractivity contribution in [2.75, 3.05) is 5.73 Å². The van der Waals surface area contributed by atoms with Crippen LogP contribution in [0.3, 0.4) is 0 Å². The summed E-state index contributed by atoms with van der Waals surface area (Å²) in [4.78, 5) is 13.2. The Morgan fingerprint density at radius 3 is 2.78 bits per heavy atom. The number of nitrogens with two attached hydrogens (primary N) is 1. The average molecular weight is 259 g/mol. The topological polar surface area (TPSA) is 69.6 Å². The number of imidazole rings is 1. The van der Waals surface area contributed by atoms with Gasteiger partial charge in [-0.25, -0.2) is 15.0 Å². The van der Waals surface area contributed by atoms with Gasteiger partial charge >= 0.3 is 0 Å². The number of hydrogen-bond donors (Lipinski definition) is 1. The molecule has 2 N–H and O–H groups in total. The number of anilines is 1. The first-order valence-corrected chi connectivity index (χ1v) is 6.52. The van der Waals surface area contributed by atoms with E-state index in [4.69, 9.17) is 5.73 Å². The lowest BCUT2D eigenvalue weighted by Gasteiger charge is -2.03. The molecule has 0 unspecified atom stereocenters. The third-order valence-electron chi connectivity index (χ3n) is 2.75. The molecule has 0 saturated carbocycles. The Morgan fingerprint density at radius 1 is 1.22 bits per heavy atom. The zero-order valence-corrected chi connectivity index (χ0v) is 11.0. The van der Waals surface area contributed by atoms with Crippen molar-refractivity contribution in [3.05, 3.63) is 33.9 Å². The van der Waals surface area contributed by atoms with Crippen molar-refractivity contribution in [1.82, 2.24) is 19.5 Å². The average Bonchev–Trinajstić information content (AvgIpc) is 2.86. The molecule has 3 aromatic rings. The second-order valence-corrected chi connectivity index (χ2v) is 5.27. The molecule has 0 bridgehead atoms. The summed E-state index contributed by atoms with van der Waals surface area (Å²) in [5, 5.41) is 3.09. The Bertz CT molecular complexity index is 712. The van der Waals surface area contributed by atoms with Gasteiger partial charge in [0.05, 0.1) is 17.2 Å². The Hall–Kier alpha value is -1.95. The lowest BCUT2D eigenvalue weighted by atomic mass is 10.3. The van der Waals surface area contributed by atoms with Crippen LogP contribution in [0.5, 0.6) is 0 Å². The number of hydrogen-bond acceptors (Lipinski definition) is 5. The summed E-state index contributed by atoms with van der Waals surface area (Å²) in [6.07, 6.45) is 0. The van der Waals surface area contributed by atoms with E-state index in [1.807, 2.05) is 35.9 Å². The summed E-state index contributed by atoms with van der Waals surface area (Å²) >= 11 is 1.63. The van der Waals surface area contributed by atoms with Crippen LogP contribution >= 0.6 is 11.3 Å². The SMILES string of the molecule is Cc1ccc2nc(N)n(Cc3csc(C)n3)c2n1. The molecule has 0 radical (unpaired) electrons. The molecule has 0 aliphatic rings. The van der Waals surface area contributed by atoms with Gasteiger partial charge in [0.2, 0.25) is 5.95 Å². The fraction of sp³-hybridized carbons (Fsp3) is 0.250. The Morgan fingerprint density at radius 2 is 2.06 bits per heavy atom. The van der Waals surface area contributed by atoms with Crippen LogP contribution in [-0.4, -0.2) is 19.5 Å². The standard InChI is InChI=1S/C12H13N5S/c1-7-3-4-10-11(14-7)17(12(13)16-10)5-9-6-18-8(2)15-9/h3-4,6H,5H2,1-2H3,(H2,13,16). The molecule has 18 heavy (non-hydrogen) atoms. The molecule has 0 atom stereocenters. The third kappa shape index (κ3) is 1.84. The number of aromatic nitrogens is 4. The fourth-order valence-electron chi connectivity index (χ4n) is 1.91. The van der Waals surface area contributed by atoms with Crippen LogP contribution in [0.4, 0.5) is 5.95 Å². The second-order valence-electron chi connectivity index (χ2n) is 4.21. The van der Waals surface area contributed by atoms with Gasteiger partial charge in [-0.3, -0.25) is 4.57 Å². The van der Waals surface area contributed by atoms with Crippen LogP contribution in [0.1, 0.15) is 16.4 Å². The zero-order valence-electron chi connectivity index (χ0n) is 10.2. The number of nitrogen functional groups attached to an aromatic ring is 1. The normalized spacial score (nSPS) is 11.2. The summed E-state index contributed by atoms with van der Waals surface area (Å²) in [7, 11) is 0. The summed E-state index contributed by atoms with van der Waals surface area (Å²) in [6.45, 7) is 4.56. The van der Waals surface area contributed by atoms with Gasteiger partial charge in [0.15, 0.2) is 5.65 Å². The Balaban J connectivity index is 2.10. The van der Waals surface area contributed by atoms with E-state index in [9.17, 15) is 0 Å². The lowest BCUT2D eigenvalue weighted by Crippen LogP contribution is -2.05. The van der Waals surface area contributed by atoms with Crippen molar-refractivity contribution in [3.8, 4) is 0 Å². The largest absolute Gasteiger partial charge is 0.369 e. The van der Waals surface area contributed by atoms with E-state index >= 15 is 0 Å². The summed E-state index contributed by atoms with van der Waals surface area (Å²) in [5.74, 6) is 0.480. The first kappa shape index (κ1) is 11.2. The number of fused-ring (bicyclic) bond motifs is 1. The van der Waals surface area contributed by atoms with E-state index in [-0.39, 0.29) is 0 Å². The van der Waals surface area contributed by atoms with Gasteiger partial charge in [-0.1, -0.05) is 0 Å². The van der Waals surface area contributed by atoms with E-state index in [0.717, 1.165) is 27.6 Å². The molecule has 0 aliphatic carbocycles. The van der Waals surface area contributed by atoms with Gasteiger partial charge in [-0.05, 0) is 26.0 Å². The van der Waals surface area contributed by atoms with Gasteiger partial charge in [-0.15, -0.1) is 11.3 Å². The molecule has 0 saturated heterocycles. The maximum atomic E-state index is 5.95. The summed E-state index contributed by atoms with van der Waals surface area (Å²) < 4.78 is 1.90. The van der Waals surface area contributed by atoms with E-state index in [2.05, 4.69) is 15.0 Å². The molecule has 3 aromatic heterocycles. The minimum Gasteiger partial charge on any atom is -0.369 e. The molecule has 92 valence electrons. The van der Waals surface area contributed by atoms with Crippen LogP contribution in [0.2, 0.25) is 0 Å². The van der Waals surface area contributed by atoms with Crippen molar-refractivity contribution in [2.45, 2.75) is 20.4 Å². The van der Waals surface area contributed by atoms with E-state index in [0.29, 0.717) is 12.5 Å². The van der Waals surface area contributed by atoms with E-state index in [1.54, 1.807) is 11.3 Å². The van der Waals surface area contributed by atoms with Gasteiger partial charge in [0.25, 0.3) is 0 Å². The predicted molar refractivity (Wildman–Crippen MR) is 72.6 cm³/mol. The molecule has 0 amide bonds. The van der Waals surface area contributed by atoms with Gasteiger partial charge < -0.3 is 5.73 Å². The van der Waals surface area contributed by atoms with Crippen molar-refractivity contribution < 1.29 is 0 Å². The molecule has 3 heterocycles. The van der Waals surface area contributed by atoms with Gasteiger partial charge in [0.1, 0.15) is 5.52 Å². The zero-order chi connectivity index (χ0) is 12.7. The quantitative estimate of drug-likeness (QED) is 0.765. The predicted octanol–water partition coefficient (Wildman–Crippen LogP) is 2.14. The van der Waals surface area contributed by atoms with Crippen LogP contribution in [-0.2, 0) is 6.54 Å². The highest BCUT2D eigenvalue weighted by Gasteiger charge is 2.11. The number of thiazole rings is 1. The highest BCUT2D eigenvalue weighted by atomic mass is 32.1. The van der Waals surface area contributed by atoms with Crippen LogP contribution < -0.4 is 5.73 Å². The fourth-order valence-corrected chi connectivity index (χ4v) is 2.52. The van der Waals surface area contributed by atoms with Gasteiger partial charge in [-0.2, -0.15) is 0 Å². The third-order valence-corrected chi connectivity index (χ3v) is 3.57. The maximum Gasteiger partial charge on any atom is 0.202 e. The molecule has 6 heteroatoms. The molecule has 0 fully saturated rings. The molecule has 0 aromatic carbocycles. The molecular weight excluding hydrogens is 246 g/mol. The molecule has 5 nitrogen and oxygen atoms in total. The Kier molecular flexibility index (Phi) is 2.52. The molecule has 3 rings (SSSR count). The first-order valence-electron chi connectivity index (χ1n) is 5.64. The van der Waals surface area contributed by atoms with Crippen LogP contribution in [0.25, 0.3) is 11.2 Å². The maximum absolute atomic E-state index is 5.95. The van der Waals surface area contributed by atoms with Gasteiger partial charge in [0, 0.05) is 11.1 Å². The first-order chi connectivity index (χ1) is 8.63. The minimum absolute atomic E-state index is 0.480. The molecule has 0 spiro atoms. The van der Waals surface area contributed by atoms with E-state index in [1.165, 1.54) is 0 Å². The van der Waals surface area contributed by atoms with Crippen molar-refractivity contribution in [3.63, 3.8) is 0 Å². The summed E-state index contributed by atoms with van der Waals surface area (Å²) in [6, 6.07) is 3.88. The van der Waals surface area contributed by atoms with E-state index < -0.39 is 0 Å². The smallest absolute Gasteiger partial charge is 0.202 e. The highest BCUT2D eigenvalue weighted by Crippen LogP contribution is 2.18. The monoisotopic (exact) mass is 259 g/mol. The number of pyridine rings is 1. The molecular formula is C12H13N5S. The number of nitrogens with zero attached hydrogens (tertiary/aromatic N) is 4. The van der Waals surface area contributed by atoms with Crippen LogP contribution in [0, 0.1) is 13.8 Å². The lowest BCUT2D eigenvalue weighted by molar-refractivity contribution is 0.803. The highest BCUT2D eigenvalue weighted by molar-refractivity contribution is 7.09. The van der Waals surface area contributed by atoms with Crippen molar-refractivity contribution in [1.29, 1.82) is 0 Å². The van der Waals surface area contributed by atoms with Crippen molar-refractivity contribution >= 4 is 28.4 Å². The van der Waals surface area contributed by atoms with Crippen molar-refractivity contribution in [2.24, 2.45) is 0 Å². The number of rotatable bonds is 2. The minimum atomic E-state index is 0.480. The number of aryl methyl sites for hydroxylation is 2. The van der Waals surface area contributed by atoms with Crippen LogP contribution in [0.15, 0.2) is 17.5 Å². The Labute approximate surface area is 108 Å². The molecule has 0 aliphatic heterocycles. The second kappa shape index (κ2) is 4.06.